The number of rotatable bonds is 2. The number of anilines is 1. The van der Waals surface area contributed by atoms with Crippen LogP contribution in [0, 0.1) is 6.92 Å². The molecule has 0 radical (unpaired) electrons. The molecule has 6 heteroatoms. The first-order valence-electron chi connectivity index (χ1n) is 7.34. The number of aryl methyl sites for hydroxylation is 1. The maximum absolute atomic E-state index is 12.6. The molecule has 2 aromatic carbocycles. The van der Waals surface area contributed by atoms with Gasteiger partial charge in [-0.2, -0.15) is 0 Å². The van der Waals surface area contributed by atoms with Gasteiger partial charge in [-0.3, -0.25) is 15.1 Å². The van der Waals surface area contributed by atoms with Crippen LogP contribution in [0.3, 0.4) is 0 Å². The van der Waals surface area contributed by atoms with Gasteiger partial charge in [0, 0.05) is 10.4 Å². The van der Waals surface area contributed by atoms with Crippen molar-refractivity contribution >= 4 is 55.1 Å². The number of nitrogens with one attached hydrogen (secondary N) is 1. The molecule has 4 aromatic rings. The summed E-state index contributed by atoms with van der Waals surface area (Å²) >= 11 is 7.48. The van der Waals surface area contributed by atoms with Crippen LogP contribution in [0.4, 0.5) is 5.13 Å². The first-order chi connectivity index (χ1) is 11.6. The normalized spacial score (nSPS) is 11.1. The first-order valence-corrected chi connectivity index (χ1v) is 8.53. The van der Waals surface area contributed by atoms with Crippen LogP contribution in [0.15, 0.2) is 48.5 Å². The summed E-state index contributed by atoms with van der Waals surface area (Å²) in [6.45, 7) is 1.82. The number of halogens is 1. The molecule has 0 aliphatic carbocycles. The topological polar surface area (TPSA) is 54.9 Å². The van der Waals surface area contributed by atoms with Crippen molar-refractivity contribution in [1.82, 2.24) is 9.97 Å². The standard InChI is InChI=1S/C18H12ClN3OS/c1-10-13(9-11-8-12(19)6-7-14(11)20-10)17(23)22-18-21-15-4-2-3-5-16(15)24-18/h2-9H,1H3,(H,21,22,23). The lowest BCUT2D eigenvalue weighted by Gasteiger charge is -2.07. The summed E-state index contributed by atoms with van der Waals surface area (Å²) in [6, 6.07) is 15.0. The number of thiazole rings is 1. The van der Waals surface area contributed by atoms with Crippen molar-refractivity contribution in [2.75, 3.05) is 5.32 Å². The number of hydrogen-bond acceptors (Lipinski definition) is 4. The lowest BCUT2D eigenvalue weighted by Crippen LogP contribution is -2.14. The van der Waals surface area contributed by atoms with Crippen LogP contribution in [-0.4, -0.2) is 15.9 Å². The van der Waals surface area contributed by atoms with Crippen molar-refractivity contribution in [3.05, 3.63) is 64.8 Å². The molecule has 0 unspecified atom stereocenters. The van der Waals surface area contributed by atoms with Gasteiger partial charge in [0.15, 0.2) is 5.13 Å². The zero-order chi connectivity index (χ0) is 16.7. The van der Waals surface area contributed by atoms with Crippen molar-refractivity contribution in [2.45, 2.75) is 6.92 Å². The van der Waals surface area contributed by atoms with E-state index in [0.29, 0.717) is 21.4 Å². The van der Waals surface area contributed by atoms with Crippen LogP contribution in [0.1, 0.15) is 16.1 Å². The number of nitrogens with zero attached hydrogens (tertiary/aromatic N) is 2. The third-order valence-corrected chi connectivity index (χ3v) is 4.91. The van der Waals surface area contributed by atoms with Crippen molar-refractivity contribution in [3.8, 4) is 0 Å². The van der Waals surface area contributed by atoms with Crippen molar-refractivity contribution in [3.63, 3.8) is 0 Å². The van der Waals surface area contributed by atoms with Crippen LogP contribution in [-0.2, 0) is 0 Å². The molecule has 0 saturated heterocycles. The number of carbonyl (C=O) groups is 1. The number of fused-ring (bicyclic) bond motifs is 2. The largest absolute Gasteiger partial charge is 0.298 e. The lowest BCUT2D eigenvalue weighted by atomic mass is 10.1. The van der Waals surface area contributed by atoms with Gasteiger partial charge in [-0.05, 0) is 43.3 Å². The quantitative estimate of drug-likeness (QED) is 0.548. The number of amides is 1. The Hall–Kier alpha value is -2.50. The molecule has 4 rings (SSSR count). The summed E-state index contributed by atoms with van der Waals surface area (Å²) in [6.07, 6.45) is 0. The van der Waals surface area contributed by atoms with Gasteiger partial charge in [0.25, 0.3) is 5.91 Å². The number of hydrogen-bond donors (Lipinski definition) is 1. The van der Waals surface area contributed by atoms with E-state index in [4.69, 9.17) is 11.6 Å². The van der Waals surface area contributed by atoms with Gasteiger partial charge < -0.3 is 0 Å². The second-order valence-electron chi connectivity index (χ2n) is 5.40. The summed E-state index contributed by atoms with van der Waals surface area (Å²) < 4.78 is 1.04. The van der Waals surface area contributed by atoms with Crippen LogP contribution in [0.5, 0.6) is 0 Å². The molecular weight excluding hydrogens is 342 g/mol. The van der Waals surface area contributed by atoms with Crippen LogP contribution < -0.4 is 5.32 Å². The fourth-order valence-corrected chi connectivity index (χ4v) is 3.61. The molecule has 0 spiro atoms. The number of benzene rings is 2. The summed E-state index contributed by atoms with van der Waals surface area (Å²) in [5.41, 5.74) is 2.87. The fourth-order valence-electron chi connectivity index (χ4n) is 2.56. The first kappa shape index (κ1) is 15.1. The molecule has 2 aromatic heterocycles. The summed E-state index contributed by atoms with van der Waals surface area (Å²) in [5.74, 6) is -0.221. The van der Waals surface area contributed by atoms with E-state index >= 15 is 0 Å². The van der Waals surface area contributed by atoms with E-state index in [1.54, 1.807) is 12.1 Å². The molecule has 2 heterocycles. The highest BCUT2D eigenvalue weighted by Gasteiger charge is 2.14. The van der Waals surface area contributed by atoms with E-state index in [9.17, 15) is 4.79 Å². The zero-order valence-corrected chi connectivity index (χ0v) is 14.3. The van der Waals surface area contributed by atoms with E-state index in [-0.39, 0.29) is 5.91 Å². The maximum Gasteiger partial charge on any atom is 0.259 e. The average molecular weight is 354 g/mol. The predicted octanol–water partition coefficient (Wildman–Crippen LogP) is 5.06. The highest BCUT2D eigenvalue weighted by molar-refractivity contribution is 7.22. The molecule has 0 saturated carbocycles. The van der Waals surface area contributed by atoms with E-state index < -0.39 is 0 Å². The molecule has 24 heavy (non-hydrogen) atoms. The Morgan fingerprint density at radius 3 is 2.75 bits per heavy atom. The Kier molecular flexibility index (Phi) is 3.67. The van der Waals surface area contributed by atoms with Crippen LogP contribution >= 0.6 is 22.9 Å². The average Bonchev–Trinajstić information content (AvgIpc) is 2.96. The molecule has 1 amide bonds. The van der Waals surface area contributed by atoms with Crippen molar-refractivity contribution in [2.24, 2.45) is 0 Å². The number of para-hydroxylation sites is 1. The second kappa shape index (κ2) is 5.85. The summed E-state index contributed by atoms with van der Waals surface area (Å²) in [5, 5.41) is 4.89. The van der Waals surface area contributed by atoms with Gasteiger partial charge in [-0.1, -0.05) is 35.1 Å². The van der Waals surface area contributed by atoms with Gasteiger partial charge in [0.2, 0.25) is 0 Å². The van der Waals surface area contributed by atoms with Crippen molar-refractivity contribution in [1.29, 1.82) is 0 Å². The molecule has 4 nitrogen and oxygen atoms in total. The second-order valence-corrected chi connectivity index (χ2v) is 6.87. The van der Waals surface area contributed by atoms with Crippen molar-refractivity contribution < 1.29 is 4.79 Å². The molecule has 0 aliphatic rings. The van der Waals surface area contributed by atoms with E-state index in [2.05, 4.69) is 15.3 Å². The lowest BCUT2D eigenvalue weighted by molar-refractivity contribution is 0.102. The fraction of sp³-hybridized carbons (Fsp3) is 0.0556. The van der Waals surface area contributed by atoms with Crippen LogP contribution in [0.25, 0.3) is 21.1 Å². The van der Waals surface area contributed by atoms with Crippen LogP contribution in [0.2, 0.25) is 5.02 Å². The van der Waals surface area contributed by atoms with E-state index in [1.165, 1.54) is 11.3 Å². The van der Waals surface area contributed by atoms with Gasteiger partial charge in [-0.15, -0.1) is 0 Å². The Balaban J connectivity index is 1.70. The third-order valence-electron chi connectivity index (χ3n) is 3.73. The highest BCUT2D eigenvalue weighted by Crippen LogP contribution is 2.26. The van der Waals surface area contributed by atoms with E-state index in [1.807, 2.05) is 43.3 Å². The number of aromatic nitrogens is 2. The third kappa shape index (κ3) is 2.72. The molecule has 0 aliphatic heterocycles. The molecule has 0 atom stereocenters. The molecule has 0 bridgehead atoms. The SMILES string of the molecule is Cc1nc2ccc(Cl)cc2cc1C(=O)Nc1nc2ccccc2s1. The zero-order valence-electron chi connectivity index (χ0n) is 12.7. The molecule has 1 N–H and O–H groups in total. The summed E-state index contributed by atoms with van der Waals surface area (Å²) in [7, 11) is 0. The van der Waals surface area contributed by atoms with E-state index in [0.717, 1.165) is 21.1 Å². The molecular formula is C18H12ClN3OS. The Morgan fingerprint density at radius 1 is 1.08 bits per heavy atom. The number of carbonyl (C=O) groups excluding carboxylic acids is 1. The smallest absolute Gasteiger partial charge is 0.259 e. The minimum atomic E-state index is -0.221. The minimum absolute atomic E-state index is 0.221. The Labute approximate surface area is 147 Å². The predicted molar refractivity (Wildman–Crippen MR) is 99.1 cm³/mol. The number of pyridine rings is 1. The van der Waals surface area contributed by atoms with Gasteiger partial charge >= 0.3 is 0 Å². The van der Waals surface area contributed by atoms with Gasteiger partial charge in [0.05, 0.1) is 27.0 Å². The Morgan fingerprint density at radius 2 is 1.92 bits per heavy atom. The Bertz CT molecular complexity index is 1060. The van der Waals surface area contributed by atoms with Gasteiger partial charge in [0.1, 0.15) is 0 Å². The summed E-state index contributed by atoms with van der Waals surface area (Å²) in [4.78, 5) is 21.5. The molecule has 118 valence electrons. The highest BCUT2D eigenvalue weighted by atomic mass is 35.5. The van der Waals surface area contributed by atoms with Gasteiger partial charge in [-0.25, -0.2) is 4.98 Å². The minimum Gasteiger partial charge on any atom is -0.298 e. The monoisotopic (exact) mass is 353 g/mol. The molecule has 0 fully saturated rings. The maximum atomic E-state index is 12.6.